The molecule has 0 aliphatic heterocycles. The van der Waals surface area contributed by atoms with E-state index in [0.717, 1.165) is 19.3 Å². The molecule has 0 heterocycles. The van der Waals surface area contributed by atoms with E-state index in [4.69, 9.17) is 4.74 Å². The quantitative estimate of drug-likeness (QED) is 0.415. The van der Waals surface area contributed by atoms with Gasteiger partial charge in [-0.3, -0.25) is 9.59 Å². The Bertz CT molecular complexity index is 730. The fraction of sp³-hybridized carbons (Fsp3) is 0.591. The highest BCUT2D eigenvalue weighted by Crippen LogP contribution is 2.23. The SMILES string of the molecule is CCCCCNC(=O)C(c1ccc(O)cc1)N(C)C(=O)C(CO)NC(=O)OC(C)(C)C. The van der Waals surface area contributed by atoms with Crippen LogP contribution in [0.1, 0.15) is 58.6 Å². The zero-order chi connectivity index (χ0) is 23.6. The maximum Gasteiger partial charge on any atom is 0.408 e. The summed E-state index contributed by atoms with van der Waals surface area (Å²) in [6, 6.07) is 3.65. The number of carbonyl (C=O) groups excluding carboxylic acids is 3. The smallest absolute Gasteiger partial charge is 0.408 e. The predicted octanol–water partition coefficient (Wildman–Crippen LogP) is 2.08. The molecule has 0 aliphatic carbocycles. The number of aromatic hydroxyl groups is 1. The number of hydrogen-bond donors (Lipinski definition) is 4. The highest BCUT2D eigenvalue weighted by molar-refractivity contribution is 5.92. The van der Waals surface area contributed by atoms with Gasteiger partial charge in [0.1, 0.15) is 23.4 Å². The molecular formula is C22H35N3O6. The van der Waals surface area contributed by atoms with E-state index in [2.05, 4.69) is 17.6 Å². The summed E-state index contributed by atoms with van der Waals surface area (Å²) in [5.41, 5.74) is -0.290. The summed E-state index contributed by atoms with van der Waals surface area (Å²) in [7, 11) is 1.42. The first-order valence-corrected chi connectivity index (χ1v) is 10.4. The Morgan fingerprint density at radius 3 is 2.26 bits per heavy atom. The first kappa shape index (κ1) is 26.2. The first-order chi connectivity index (χ1) is 14.5. The van der Waals surface area contributed by atoms with Crippen molar-refractivity contribution in [3.63, 3.8) is 0 Å². The van der Waals surface area contributed by atoms with Crippen molar-refractivity contribution in [1.29, 1.82) is 0 Å². The van der Waals surface area contributed by atoms with Gasteiger partial charge in [0.2, 0.25) is 11.8 Å². The number of alkyl carbamates (subject to hydrolysis) is 1. The number of amides is 3. The topological polar surface area (TPSA) is 128 Å². The molecule has 3 amide bonds. The van der Waals surface area contributed by atoms with Gasteiger partial charge >= 0.3 is 6.09 Å². The van der Waals surface area contributed by atoms with Crippen LogP contribution in [0.2, 0.25) is 0 Å². The van der Waals surface area contributed by atoms with Crippen molar-refractivity contribution in [2.45, 2.75) is 64.6 Å². The Labute approximate surface area is 183 Å². The van der Waals surface area contributed by atoms with Crippen LogP contribution in [-0.2, 0) is 14.3 Å². The minimum Gasteiger partial charge on any atom is -0.508 e. The van der Waals surface area contributed by atoms with Crippen molar-refractivity contribution in [2.24, 2.45) is 0 Å². The minimum atomic E-state index is -1.28. The Hall–Kier alpha value is -2.81. The summed E-state index contributed by atoms with van der Waals surface area (Å²) in [6.45, 7) is 6.89. The number of rotatable bonds is 10. The zero-order valence-corrected chi connectivity index (χ0v) is 19.0. The minimum absolute atomic E-state index is 0.0275. The lowest BCUT2D eigenvalue weighted by atomic mass is 10.0. The lowest BCUT2D eigenvalue weighted by Gasteiger charge is -2.31. The molecule has 9 heteroatoms. The van der Waals surface area contributed by atoms with Gasteiger partial charge in [-0.2, -0.15) is 0 Å². The third kappa shape index (κ3) is 8.84. The van der Waals surface area contributed by atoms with E-state index in [1.165, 1.54) is 24.1 Å². The maximum atomic E-state index is 13.0. The first-order valence-electron chi connectivity index (χ1n) is 10.4. The van der Waals surface area contributed by atoms with Crippen molar-refractivity contribution in [3.05, 3.63) is 29.8 Å². The standard InChI is InChI=1S/C22H35N3O6/c1-6-7-8-13-23-19(28)18(15-9-11-16(27)12-10-15)25(5)20(29)17(14-26)24-21(30)31-22(2,3)4/h9-12,17-18,26-27H,6-8,13-14H2,1-5H3,(H,23,28)(H,24,30). The van der Waals surface area contributed by atoms with E-state index >= 15 is 0 Å². The third-order valence-electron chi connectivity index (χ3n) is 4.44. The van der Waals surface area contributed by atoms with Crippen molar-refractivity contribution < 1.29 is 29.3 Å². The van der Waals surface area contributed by atoms with Crippen LogP contribution < -0.4 is 10.6 Å². The van der Waals surface area contributed by atoms with Crippen molar-refractivity contribution in [1.82, 2.24) is 15.5 Å². The van der Waals surface area contributed by atoms with Gasteiger partial charge in [0.15, 0.2) is 0 Å². The maximum absolute atomic E-state index is 13.0. The molecule has 31 heavy (non-hydrogen) atoms. The number of carbonyl (C=O) groups is 3. The Balaban J connectivity index is 3.03. The Morgan fingerprint density at radius 1 is 1.13 bits per heavy atom. The number of benzene rings is 1. The van der Waals surface area contributed by atoms with Crippen molar-refractivity contribution in [3.8, 4) is 5.75 Å². The zero-order valence-electron chi connectivity index (χ0n) is 19.0. The molecule has 1 aromatic carbocycles. The van der Waals surface area contributed by atoms with Crippen LogP contribution in [0.5, 0.6) is 5.75 Å². The normalized spacial score (nSPS) is 13.1. The summed E-state index contributed by atoms with van der Waals surface area (Å²) < 4.78 is 5.14. The monoisotopic (exact) mass is 437 g/mol. The average molecular weight is 438 g/mol. The molecule has 4 N–H and O–H groups in total. The van der Waals surface area contributed by atoms with E-state index < -0.39 is 42.2 Å². The van der Waals surface area contributed by atoms with Gasteiger partial charge in [0.25, 0.3) is 0 Å². The van der Waals surface area contributed by atoms with Gasteiger partial charge < -0.3 is 30.5 Å². The molecule has 2 atom stereocenters. The number of nitrogens with one attached hydrogen (secondary N) is 2. The van der Waals surface area contributed by atoms with Gasteiger partial charge in [-0.05, 0) is 44.9 Å². The number of aliphatic hydroxyl groups excluding tert-OH is 1. The van der Waals surface area contributed by atoms with Crippen LogP contribution in [0, 0.1) is 0 Å². The molecule has 0 aliphatic rings. The number of nitrogens with zero attached hydrogens (tertiary/aromatic N) is 1. The van der Waals surface area contributed by atoms with E-state index in [9.17, 15) is 24.6 Å². The molecule has 0 fully saturated rings. The summed E-state index contributed by atoms with van der Waals surface area (Å²) in [6.07, 6.45) is 1.93. The van der Waals surface area contributed by atoms with Crippen LogP contribution in [0.3, 0.4) is 0 Å². The van der Waals surface area contributed by atoms with E-state index in [1.54, 1.807) is 32.9 Å². The highest BCUT2D eigenvalue weighted by Gasteiger charge is 2.33. The Morgan fingerprint density at radius 2 is 1.74 bits per heavy atom. The average Bonchev–Trinajstić information content (AvgIpc) is 2.69. The second kappa shape index (κ2) is 12.1. The van der Waals surface area contributed by atoms with Gasteiger partial charge in [-0.15, -0.1) is 0 Å². The number of phenols is 1. The van der Waals surface area contributed by atoms with E-state index in [-0.39, 0.29) is 5.75 Å². The van der Waals surface area contributed by atoms with Gasteiger partial charge in [-0.1, -0.05) is 31.9 Å². The molecule has 1 aromatic rings. The van der Waals surface area contributed by atoms with Crippen LogP contribution in [0.25, 0.3) is 0 Å². The van der Waals surface area contributed by atoms with Crippen LogP contribution in [-0.4, -0.2) is 64.9 Å². The molecule has 0 saturated carbocycles. The second-order valence-corrected chi connectivity index (χ2v) is 8.32. The largest absolute Gasteiger partial charge is 0.508 e. The summed E-state index contributed by atoms with van der Waals surface area (Å²) in [5, 5.41) is 24.4. The number of hydrogen-bond acceptors (Lipinski definition) is 6. The van der Waals surface area contributed by atoms with Crippen molar-refractivity contribution in [2.75, 3.05) is 20.2 Å². The van der Waals surface area contributed by atoms with Crippen molar-refractivity contribution >= 4 is 17.9 Å². The molecule has 174 valence electrons. The number of unbranched alkanes of at least 4 members (excludes halogenated alkanes) is 2. The highest BCUT2D eigenvalue weighted by atomic mass is 16.6. The second-order valence-electron chi connectivity index (χ2n) is 8.32. The number of likely N-dealkylation sites (N-methyl/N-ethyl adjacent to an activating group) is 1. The molecule has 0 aromatic heterocycles. The molecule has 9 nitrogen and oxygen atoms in total. The van der Waals surface area contributed by atoms with Gasteiger partial charge in [-0.25, -0.2) is 4.79 Å². The van der Waals surface area contributed by atoms with Crippen LogP contribution in [0.4, 0.5) is 4.79 Å². The number of phenolic OH excluding ortho intramolecular Hbond substituents is 1. The lowest BCUT2D eigenvalue weighted by molar-refractivity contribution is -0.141. The van der Waals surface area contributed by atoms with E-state index in [1.807, 2.05) is 0 Å². The third-order valence-corrected chi connectivity index (χ3v) is 4.44. The molecule has 1 rings (SSSR count). The molecule has 0 saturated heterocycles. The van der Waals surface area contributed by atoms with Crippen LogP contribution in [0.15, 0.2) is 24.3 Å². The number of aliphatic hydroxyl groups is 1. The van der Waals surface area contributed by atoms with Gasteiger partial charge in [0.05, 0.1) is 6.61 Å². The lowest BCUT2D eigenvalue weighted by Crippen LogP contribution is -2.53. The summed E-state index contributed by atoms with van der Waals surface area (Å²) in [5.74, 6) is -1.03. The molecule has 0 bridgehead atoms. The Kier molecular flexibility index (Phi) is 10.3. The molecule has 0 spiro atoms. The molecule has 0 radical (unpaired) electrons. The predicted molar refractivity (Wildman–Crippen MR) is 116 cm³/mol. The fourth-order valence-electron chi connectivity index (χ4n) is 2.90. The fourth-order valence-corrected chi connectivity index (χ4v) is 2.90. The van der Waals surface area contributed by atoms with E-state index in [0.29, 0.717) is 12.1 Å². The molecule has 2 unspecified atom stereocenters. The van der Waals surface area contributed by atoms with Gasteiger partial charge in [0, 0.05) is 13.6 Å². The van der Waals surface area contributed by atoms with Crippen LogP contribution >= 0.6 is 0 Å². The number of ether oxygens (including phenoxy) is 1. The summed E-state index contributed by atoms with van der Waals surface area (Å²) >= 11 is 0. The molecular weight excluding hydrogens is 402 g/mol. The summed E-state index contributed by atoms with van der Waals surface area (Å²) in [4.78, 5) is 39.1.